The van der Waals surface area contributed by atoms with Crippen molar-refractivity contribution >= 4 is 108 Å². The summed E-state index contributed by atoms with van der Waals surface area (Å²) >= 11 is 1.80. The van der Waals surface area contributed by atoms with E-state index < -0.39 is 0 Å². The maximum Gasteiger partial charge on any atom is 0.238 e. The van der Waals surface area contributed by atoms with Crippen LogP contribution in [0.5, 0.6) is 0 Å². The van der Waals surface area contributed by atoms with Gasteiger partial charge in [-0.1, -0.05) is 115 Å². The Balaban J connectivity index is 1.08. The van der Waals surface area contributed by atoms with Crippen molar-refractivity contribution in [3.8, 4) is 34.4 Å². The first-order valence-electron chi connectivity index (χ1n) is 20.8. The van der Waals surface area contributed by atoms with Gasteiger partial charge in [0.05, 0.1) is 38.7 Å². The number of para-hydroxylation sites is 4. The molecule has 9 aromatic carbocycles. The van der Waals surface area contributed by atoms with E-state index >= 15 is 0 Å². The van der Waals surface area contributed by atoms with Gasteiger partial charge in [0.2, 0.25) is 5.95 Å². The minimum atomic E-state index is 0.533. The second-order valence-corrected chi connectivity index (χ2v) is 17.0. The van der Waals surface area contributed by atoms with Gasteiger partial charge < -0.3 is 8.98 Å². The van der Waals surface area contributed by atoms with E-state index in [0.717, 1.165) is 71.6 Å². The minimum Gasteiger partial charge on any atom is -0.455 e. The fourth-order valence-electron chi connectivity index (χ4n) is 9.81. The molecule has 0 fully saturated rings. The van der Waals surface area contributed by atoms with Crippen molar-refractivity contribution in [3.63, 3.8) is 0 Å². The van der Waals surface area contributed by atoms with Crippen LogP contribution in [-0.2, 0) is 0 Å². The average Bonchev–Trinajstić information content (AvgIpc) is 4.08. The molecular weight excluding hydrogens is 779 g/mol. The number of hydrogen-bond acceptors (Lipinski definition) is 5. The van der Waals surface area contributed by atoms with Crippen molar-refractivity contribution in [1.29, 1.82) is 0 Å². The van der Waals surface area contributed by atoms with E-state index in [2.05, 4.69) is 185 Å². The highest BCUT2D eigenvalue weighted by Crippen LogP contribution is 2.44. The van der Waals surface area contributed by atoms with Crippen molar-refractivity contribution in [2.75, 3.05) is 0 Å². The fourth-order valence-corrected chi connectivity index (χ4v) is 10.9. The number of rotatable bonds is 4. The van der Waals surface area contributed by atoms with Gasteiger partial charge in [-0.25, -0.2) is 4.98 Å². The predicted octanol–water partition coefficient (Wildman–Crippen LogP) is 14.8. The van der Waals surface area contributed by atoms with E-state index in [9.17, 15) is 0 Å². The second-order valence-electron chi connectivity index (χ2n) is 16.0. The monoisotopic (exact) mass is 809 g/mol. The molecule has 0 bridgehead atoms. The summed E-state index contributed by atoms with van der Waals surface area (Å²) in [4.78, 5) is 16.1. The molecule has 14 rings (SSSR count). The van der Waals surface area contributed by atoms with Gasteiger partial charge in [-0.2, -0.15) is 9.97 Å². The molecule has 0 aliphatic heterocycles. The molecule has 0 atom stereocenters. The molecule has 0 radical (unpaired) electrons. The van der Waals surface area contributed by atoms with Gasteiger partial charge in [0.15, 0.2) is 11.6 Å². The Morgan fingerprint density at radius 3 is 1.77 bits per heavy atom. The minimum absolute atomic E-state index is 0.533. The van der Waals surface area contributed by atoms with Crippen LogP contribution in [-0.4, -0.2) is 24.1 Å². The Hall–Kier alpha value is -8.13. The lowest BCUT2D eigenvalue weighted by Crippen LogP contribution is -2.06. The molecule has 0 aliphatic carbocycles. The van der Waals surface area contributed by atoms with E-state index in [1.165, 1.54) is 41.7 Å². The molecule has 6 nitrogen and oxygen atoms in total. The molecule has 62 heavy (non-hydrogen) atoms. The Kier molecular flexibility index (Phi) is 6.89. The number of benzene rings is 9. The molecule has 5 heterocycles. The Bertz CT molecular complexity index is 4130. The molecule has 14 aromatic rings. The third kappa shape index (κ3) is 4.76. The summed E-state index contributed by atoms with van der Waals surface area (Å²) in [6.07, 6.45) is 0. The van der Waals surface area contributed by atoms with Crippen LogP contribution < -0.4 is 0 Å². The van der Waals surface area contributed by atoms with Gasteiger partial charge in [0.1, 0.15) is 11.2 Å². The number of thiophene rings is 1. The molecule has 288 valence electrons. The van der Waals surface area contributed by atoms with Crippen LogP contribution in [0, 0.1) is 0 Å². The average molecular weight is 810 g/mol. The van der Waals surface area contributed by atoms with Crippen molar-refractivity contribution in [2.24, 2.45) is 0 Å². The largest absolute Gasteiger partial charge is 0.455 e. The van der Waals surface area contributed by atoms with Gasteiger partial charge in [0, 0.05) is 52.7 Å². The number of fused-ring (bicyclic) bond motifs is 13. The van der Waals surface area contributed by atoms with E-state index in [0.29, 0.717) is 17.6 Å². The molecule has 0 aliphatic rings. The smallest absolute Gasteiger partial charge is 0.238 e. The van der Waals surface area contributed by atoms with Gasteiger partial charge in [-0.3, -0.25) is 4.57 Å². The zero-order valence-electron chi connectivity index (χ0n) is 33.0. The fraction of sp³-hybridized carbons (Fsp3) is 0. The molecule has 0 saturated heterocycles. The lowest BCUT2D eigenvalue weighted by atomic mass is 10.0. The highest BCUT2D eigenvalue weighted by molar-refractivity contribution is 7.25. The number of hydrogen-bond donors (Lipinski definition) is 0. The Labute approximate surface area is 357 Å². The summed E-state index contributed by atoms with van der Waals surface area (Å²) in [5.41, 5.74) is 8.58. The lowest BCUT2D eigenvalue weighted by Gasteiger charge is -2.13. The summed E-state index contributed by atoms with van der Waals surface area (Å²) in [5, 5.41) is 11.5. The summed E-state index contributed by atoms with van der Waals surface area (Å²) in [6, 6.07) is 66.7. The van der Waals surface area contributed by atoms with Gasteiger partial charge in [0.25, 0.3) is 0 Å². The normalized spacial score (nSPS) is 12.2. The van der Waals surface area contributed by atoms with Crippen LogP contribution in [0.4, 0.5) is 0 Å². The highest BCUT2D eigenvalue weighted by Gasteiger charge is 2.24. The molecule has 0 N–H and O–H groups in total. The number of aromatic nitrogens is 5. The summed E-state index contributed by atoms with van der Waals surface area (Å²) in [5.74, 6) is 1.66. The summed E-state index contributed by atoms with van der Waals surface area (Å²) < 4.78 is 14.0. The van der Waals surface area contributed by atoms with E-state index in [-0.39, 0.29) is 0 Å². The molecular formula is C55H31N5OS. The van der Waals surface area contributed by atoms with Crippen LogP contribution in [0.15, 0.2) is 192 Å². The zero-order chi connectivity index (χ0) is 40.5. The Morgan fingerprint density at radius 2 is 1.00 bits per heavy atom. The first-order valence-corrected chi connectivity index (χ1v) is 21.6. The van der Waals surface area contributed by atoms with Gasteiger partial charge in [-0.15, -0.1) is 11.3 Å². The van der Waals surface area contributed by atoms with Crippen molar-refractivity contribution in [1.82, 2.24) is 24.1 Å². The van der Waals surface area contributed by atoms with Crippen molar-refractivity contribution in [3.05, 3.63) is 188 Å². The zero-order valence-corrected chi connectivity index (χ0v) is 33.8. The van der Waals surface area contributed by atoms with E-state index in [1.54, 1.807) is 11.3 Å². The maximum atomic E-state index is 6.96. The van der Waals surface area contributed by atoms with Crippen molar-refractivity contribution < 1.29 is 4.42 Å². The third-order valence-corrected chi connectivity index (χ3v) is 13.7. The SMILES string of the molecule is c1ccc2cc3c(cc2c1)c1ccccc1n3-c1ccc(-c2nc(-c3ccc4sc5ccccc5c4c3)nc(-n3c4ccccc4c4ccccc43)n2)c2oc3ccccc3c12. The summed E-state index contributed by atoms with van der Waals surface area (Å²) in [7, 11) is 0. The van der Waals surface area contributed by atoms with E-state index in [1.807, 2.05) is 12.1 Å². The van der Waals surface area contributed by atoms with Gasteiger partial charge in [-0.05, 0) is 83.6 Å². The van der Waals surface area contributed by atoms with E-state index in [4.69, 9.17) is 19.4 Å². The Morgan fingerprint density at radius 1 is 0.403 bits per heavy atom. The number of nitrogens with zero attached hydrogens (tertiary/aromatic N) is 5. The summed E-state index contributed by atoms with van der Waals surface area (Å²) in [6.45, 7) is 0. The van der Waals surface area contributed by atoms with Gasteiger partial charge >= 0.3 is 0 Å². The first kappa shape index (κ1) is 33.7. The molecule has 0 spiro atoms. The molecule has 0 amide bonds. The predicted molar refractivity (Wildman–Crippen MR) is 257 cm³/mol. The molecule has 0 saturated carbocycles. The molecule has 5 aromatic heterocycles. The number of furan rings is 1. The van der Waals surface area contributed by atoms with Crippen molar-refractivity contribution in [2.45, 2.75) is 0 Å². The van der Waals surface area contributed by atoms with Crippen LogP contribution in [0.1, 0.15) is 0 Å². The van der Waals surface area contributed by atoms with Crippen LogP contribution in [0.2, 0.25) is 0 Å². The lowest BCUT2D eigenvalue weighted by molar-refractivity contribution is 0.669. The quantitative estimate of drug-likeness (QED) is 0.178. The topological polar surface area (TPSA) is 61.7 Å². The standard InChI is InChI=1S/C55H31N5OS/c1-2-14-33-31-47-41(29-32(33)13-1)37-17-5-8-20-43(37)59(47)46-27-26-40(52-51(46)39-19-6-11-23-48(39)61-52)54-56-53(34-25-28-50-42(30-34)38-18-7-12-24-49(38)62-50)57-55(58-54)60-44-21-9-3-15-35(44)36-16-4-10-22-45(36)60/h1-31H. The maximum absolute atomic E-state index is 6.96. The van der Waals surface area contributed by atoms with Crippen LogP contribution in [0.3, 0.4) is 0 Å². The van der Waals surface area contributed by atoms with Crippen LogP contribution >= 0.6 is 11.3 Å². The van der Waals surface area contributed by atoms with Crippen LogP contribution in [0.25, 0.3) is 131 Å². The first-order chi connectivity index (χ1) is 30.7. The second kappa shape index (κ2) is 12.7. The highest BCUT2D eigenvalue weighted by atomic mass is 32.1. The molecule has 0 unspecified atom stereocenters. The third-order valence-electron chi connectivity index (χ3n) is 12.6. The molecule has 7 heteroatoms.